The zero-order valence-electron chi connectivity index (χ0n) is 18.2. The molecule has 7 nitrogen and oxygen atoms in total. The number of halogens is 2. The van der Waals surface area contributed by atoms with Crippen molar-refractivity contribution in [2.75, 3.05) is 16.6 Å². The Morgan fingerprint density at radius 2 is 1.56 bits per heavy atom. The number of nitrogens with one attached hydrogen (secondary N) is 2. The summed E-state index contributed by atoms with van der Waals surface area (Å²) in [5.74, 6) is -1.03. The Kier molecular flexibility index (Phi) is 8.55. The van der Waals surface area contributed by atoms with Crippen LogP contribution in [0.5, 0.6) is 0 Å². The molecule has 34 heavy (non-hydrogen) atoms. The Morgan fingerprint density at radius 3 is 2.21 bits per heavy atom. The summed E-state index contributed by atoms with van der Waals surface area (Å²) in [6, 6.07) is 16.0. The third-order valence-electron chi connectivity index (χ3n) is 4.70. The molecule has 0 atom stereocenters. The first-order valence-electron chi connectivity index (χ1n) is 10.4. The Balaban J connectivity index is 1.77. The quantitative estimate of drug-likeness (QED) is 0.266. The summed E-state index contributed by atoms with van der Waals surface area (Å²) in [5, 5.41) is 3.32. The fraction of sp³-hybridized carbons (Fsp3) is 0.167. The van der Waals surface area contributed by atoms with E-state index in [1.165, 1.54) is 54.6 Å². The van der Waals surface area contributed by atoms with Gasteiger partial charge in [-0.05, 0) is 73.2 Å². The molecule has 0 unspecified atom stereocenters. The van der Waals surface area contributed by atoms with Crippen molar-refractivity contribution in [2.24, 2.45) is 0 Å². The molecule has 3 aromatic carbocycles. The Bertz CT molecular complexity index is 1280. The highest BCUT2D eigenvalue weighted by Gasteiger charge is 2.20. The lowest BCUT2D eigenvalue weighted by Crippen LogP contribution is -2.18. The molecule has 10 heteroatoms. The molecule has 3 aromatic rings. The van der Waals surface area contributed by atoms with Gasteiger partial charge in [0.15, 0.2) is 0 Å². The third-order valence-corrected chi connectivity index (χ3v) is 6.57. The molecule has 0 bridgehead atoms. The molecule has 1 amide bonds. The topological polar surface area (TPSA) is 102 Å². The minimum Gasteiger partial charge on any atom is -0.462 e. The molecule has 0 aliphatic rings. The van der Waals surface area contributed by atoms with Gasteiger partial charge in [0.05, 0.1) is 28.3 Å². The van der Waals surface area contributed by atoms with Crippen molar-refractivity contribution < 1.29 is 22.7 Å². The normalized spacial score (nSPS) is 11.0. The van der Waals surface area contributed by atoms with Crippen molar-refractivity contribution in [1.82, 2.24) is 0 Å². The number of ether oxygens (including phenoxy) is 1. The lowest BCUT2D eigenvalue weighted by Gasteiger charge is -2.14. The van der Waals surface area contributed by atoms with Crippen LogP contribution in [0.25, 0.3) is 0 Å². The summed E-state index contributed by atoms with van der Waals surface area (Å²) in [7, 11) is -3.98. The van der Waals surface area contributed by atoms with Gasteiger partial charge in [0.25, 0.3) is 15.9 Å². The van der Waals surface area contributed by atoms with E-state index in [1.54, 1.807) is 12.1 Å². The first-order valence-corrected chi connectivity index (χ1v) is 12.6. The standard InChI is InChI=1S/C24H22Cl2N2O5S/c1-2-3-14-33-24(30)16-4-9-19(10-5-16)27-23(29)21-15-18(26)8-13-22(21)28-34(31,32)20-11-6-17(25)7-12-20/h4-13,15,28H,2-3,14H2,1H3,(H,27,29). The number of amides is 1. The van der Waals surface area contributed by atoms with Crippen LogP contribution in [-0.2, 0) is 14.8 Å². The van der Waals surface area contributed by atoms with E-state index in [1.807, 2.05) is 6.92 Å². The van der Waals surface area contributed by atoms with Gasteiger partial charge in [0.2, 0.25) is 0 Å². The highest BCUT2D eigenvalue weighted by atomic mass is 35.5. The number of carbonyl (C=O) groups is 2. The van der Waals surface area contributed by atoms with Crippen LogP contribution < -0.4 is 10.0 Å². The molecular weight excluding hydrogens is 499 g/mol. The maximum atomic E-state index is 12.9. The van der Waals surface area contributed by atoms with Gasteiger partial charge >= 0.3 is 5.97 Å². The Labute approximate surface area is 208 Å². The summed E-state index contributed by atoms with van der Waals surface area (Å²) in [6.07, 6.45) is 1.70. The van der Waals surface area contributed by atoms with Gasteiger partial charge in [-0.25, -0.2) is 13.2 Å². The Morgan fingerprint density at radius 1 is 0.912 bits per heavy atom. The highest BCUT2D eigenvalue weighted by Crippen LogP contribution is 2.25. The van der Waals surface area contributed by atoms with Crippen molar-refractivity contribution in [1.29, 1.82) is 0 Å². The van der Waals surface area contributed by atoms with Crippen molar-refractivity contribution in [2.45, 2.75) is 24.7 Å². The number of sulfonamides is 1. The number of esters is 1. The highest BCUT2D eigenvalue weighted by molar-refractivity contribution is 7.92. The zero-order valence-corrected chi connectivity index (χ0v) is 20.5. The number of anilines is 2. The predicted molar refractivity (Wildman–Crippen MR) is 133 cm³/mol. The van der Waals surface area contributed by atoms with Crippen LogP contribution in [0.15, 0.2) is 71.6 Å². The lowest BCUT2D eigenvalue weighted by atomic mass is 10.1. The molecule has 0 aliphatic carbocycles. The third kappa shape index (κ3) is 6.72. The molecule has 3 rings (SSSR count). The summed E-state index contributed by atoms with van der Waals surface area (Å²) in [6.45, 7) is 2.34. The minimum atomic E-state index is -3.98. The van der Waals surface area contributed by atoms with Gasteiger partial charge in [0, 0.05) is 15.7 Å². The number of carbonyl (C=O) groups excluding carboxylic acids is 2. The van der Waals surface area contributed by atoms with E-state index in [0.717, 1.165) is 12.8 Å². The van der Waals surface area contributed by atoms with E-state index in [-0.39, 0.29) is 21.2 Å². The monoisotopic (exact) mass is 520 g/mol. The fourth-order valence-corrected chi connectivity index (χ4v) is 4.27. The summed E-state index contributed by atoms with van der Waals surface area (Å²) in [4.78, 5) is 24.9. The number of rotatable bonds is 9. The molecule has 0 heterocycles. The van der Waals surface area contributed by atoms with Crippen molar-refractivity contribution in [3.63, 3.8) is 0 Å². The average Bonchev–Trinajstić information content (AvgIpc) is 2.81. The van der Waals surface area contributed by atoms with Gasteiger partial charge in [-0.15, -0.1) is 0 Å². The van der Waals surface area contributed by atoms with Crippen LogP contribution in [0.4, 0.5) is 11.4 Å². The van der Waals surface area contributed by atoms with Crippen molar-refractivity contribution >= 4 is 56.5 Å². The van der Waals surface area contributed by atoms with Crippen LogP contribution in [-0.4, -0.2) is 26.9 Å². The van der Waals surface area contributed by atoms with Crippen molar-refractivity contribution in [3.8, 4) is 0 Å². The van der Waals surface area contributed by atoms with E-state index >= 15 is 0 Å². The minimum absolute atomic E-state index is 0.0142. The first-order chi connectivity index (χ1) is 16.2. The summed E-state index contributed by atoms with van der Waals surface area (Å²) < 4.78 is 33.1. The van der Waals surface area contributed by atoms with Gasteiger partial charge in [0.1, 0.15) is 0 Å². The smallest absolute Gasteiger partial charge is 0.338 e. The SMILES string of the molecule is CCCCOC(=O)c1ccc(NC(=O)c2cc(Cl)ccc2NS(=O)(=O)c2ccc(Cl)cc2)cc1. The van der Waals surface area contributed by atoms with E-state index < -0.39 is 21.9 Å². The average molecular weight is 521 g/mol. The molecule has 0 radical (unpaired) electrons. The zero-order chi connectivity index (χ0) is 24.7. The molecular formula is C24H22Cl2N2O5S. The molecule has 178 valence electrons. The van der Waals surface area contributed by atoms with Crippen LogP contribution in [0.2, 0.25) is 10.0 Å². The summed E-state index contributed by atoms with van der Waals surface area (Å²) in [5.41, 5.74) is 0.830. The number of benzene rings is 3. The lowest BCUT2D eigenvalue weighted by molar-refractivity contribution is 0.0499. The van der Waals surface area contributed by atoms with Crippen molar-refractivity contribution in [3.05, 3.63) is 87.9 Å². The predicted octanol–water partition coefficient (Wildman–Crippen LogP) is 6.00. The Hall–Kier alpha value is -3.07. The maximum Gasteiger partial charge on any atom is 0.338 e. The molecule has 0 spiro atoms. The maximum absolute atomic E-state index is 12.9. The second-order valence-electron chi connectivity index (χ2n) is 7.27. The fourth-order valence-electron chi connectivity index (χ4n) is 2.89. The molecule has 2 N–H and O–H groups in total. The van der Waals surface area contributed by atoms with Gasteiger partial charge < -0.3 is 10.1 Å². The van der Waals surface area contributed by atoms with Crippen LogP contribution >= 0.6 is 23.2 Å². The van der Waals surface area contributed by atoms with Crippen LogP contribution in [0.1, 0.15) is 40.5 Å². The van der Waals surface area contributed by atoms with E-state index in [2.05, 4.69) is 10.0 Å². The summed E-state index contributed by atoms with van der Waals surface area (Å²) >= 11 is 11.9. The molecule has 0 aliphatic heterocycles. The van der Waals surface area contributed by atoms with E-state index in [0.29, 0.717) is 22.9 Å². The number of hydrogen-bond donors (Lipinski definition) is 2. The number of unbranched alkanes of at least 4 members (excludes halogenated alkanes) is 1. The second-order valence-corrected chi connectivity index (χ2v) is 9.83. The van der Waals surface area contributed by atoms with Crippen LogP contribution in [0.3, 0.4) is 0 Å². The second kappa shape index (κ2) is 11.4. The first kappa shape index (κ1) is 25.6. The molecule has 0 saturated heterocycles. The number of hydrogen-bond acceptors (Lipinski definition) is 5. The van der Waals surface area contributed by atoms with Gasteiger partial charge in [-0.3, -0.25) is 9.52 Å². The van der Waals surface area contributed by atoms with E-state index in [4.69, 9.17) is 27.9 Å². The van der Waals surface area contributed by atoms with Gasteiger partial charge in [-0.1, -0.05) is 36.5 Å². The van der Waals surface area contributed by atoms with Crippen LogP contribution in [0, 0.1) is 0 Å². The van der Waals surface area contributed by atoms with Gasteiger partial charge in [-0.2, -0.15) is 0 Å². The molecule has 0 fully saturated rings. The van der Waals surface area contributed by atoms with E-state index in [9.17, 15) is 18.0 Å². The largest absolute Gasteiger partial charge is 0.462 e. The molecule has 0 saturated carbocycles. The molecule has 0 aromatic heterocycles.